The second kappa shape index (κ2) is 6.86. The molecule has 1 aliphatic rings. The lowest BCUT2D eigenvalue weighted by molar-refractivity contribution is 0.509. The first-order valence-electron chi connectivity index (χ1n) is 8.42. The van der Waals surface area contributed by atoms with Crippen LogP contribution in [0.15, 0.2) is 34.2 Å². The number of para-hydroxylation sites is 1. The molecular formula is C19H16FN3OS2. The first-order chi connectivity index (χ1) is 12.6. The van der Waals surface area contributed by atoms with E-state index in [1.807, 2.05) is 6.07 Å². The van der Waals surface area contributed by atoms with E-state index in [4.69, 9.17) is 5.26 Å². The number of thiophene rings is 1. The summed E-state index contributed by atoms with van der Waals surface area (Å²) in [6.45, 7) is 2.21. The third-order valence-electron chi connectivity index (χ3n) is 4.66. The fourth-order valence-electron chi connectivity index (χ4n) is 3.41. The Hall–Kier alpha value is -2.17. The molecule has 26 heavy (non-hydrogen) atoms. The molecule has 1 aliphatic carbocycles. The van der Waals surface area contributed by atoms with Crippen LogP contribution in [0.5, 0.6) is 0 Å². The molecule has 0 amide bonds. The highest BCUT2D eigenvalue weighted by Gasteiger charge is 2.25. The minimum absolute atomic E-state index is 0.147. The quantitative estimate of drug-likeness (QED) is 0.497. The summed E-state index contributed by atoms with van der Waals surface area (Å²) in [7, 11) is 0. The summed E-state index contributed by atoms with van der Waals surface area (Å²) >= 11 is 2.72. The van der Waals surface area contributed by atoms with Crippen molar-refractivity contribution in [1.82, 2.24) is 9.55 Å². The standard InChI is InChI=1S/C19H16FN3OS2/c1-11-6-7-12-15(10-11)26-17-16(12)18(24)23(19(22-17)25-9-8-21)14-5-3-2-4-13(14)20/h2-5,11H,6-7,9-10H2,1H3/t11-/m0/s1. The Bertz CT molecular complexity index is 1100. The highest BCUT2D eigenvalue weighted by molar-refractivity contribution is 7.99. The molecule has 1 atom stereocenters. The van der Waals surface area contributed by atoms with Gasteiger partial charge in [0.25, 0.3) is 5.56 Å². The van der Waals surface area contributed by atoms with E-state index in [2.05, 4.69) is 11.9 Å². The van der Waals surface area contributed by atoms with Crippen LogP contribution in [-0.2, 0) is 12.8 Å². The van der Waals surface area contributed by atoms with Crippen LogP contribution < -0.4 is 5.56 Å². The van der Waals surface area contributed by atoms with Crippen LogP contribution in [-0.4, -0.2) is 15.3 Å². The van der Waals surface area contributed by atoms with Crippen LogP contribution in [0.25, 0.3) is 15.9 Å². The van der Waals surface area contributed by atoms with Gasteiger partial charge in [-0.1, -0.05) is 30.8 Å². The number of nitrogens with zero attached hydrogens (tertiary/aromatic N) is 3. The lowest BCUT2D eigenvalue weighted by Crippen LogP contribution is -2.23. The zero-order valence-corrected chi connectivity index (χ0v) is 15.8. The minimum Gasteiger partial charge on any atom is -0.268 e. The fraction of sp³-hybridized carbons (Fsp3) is 0.316. The number of nitriles is 1. The predicted molar refractivity (Wildman–Crippen MR) is 103 cm³/mol. The summed E-state index contributed by atoms with van der Waals surface area (Å²) < 4.78 is 15.7. The van der Waals surface area contributed by atoms with Crippen molar-refractivity contribution in [3.63, 3.8) is 0 Å². The number of fused-ring (bicyclic) bond motifs is 3. The Morgan fingerprint density at radius 1 is 1.46 bits per heavy atom. The van der Waals surface area contributed by atoms with Gasteiger partial charge in [0, 0.05) is 4.88 Å². The van der Waals surface area contributed by atoms with Crippen molar-refractivity contribution in [2.24, 2.45) is 5.92 Å². The summed E-state index contributed by atoms with van der Waals surface area (Å²) in [4.78, 5) is 19.9. The predicted octanol–water partition coefficient (Wildman–Crippen LogP) is 4.33. The van der Waals surface area contributed by atoms with Gasteiger partial charge in [-0.05, 0) is 42.9 Å². The monoisotopic (exact) mass is 385 g/mol. The van der Waals surface area contributed by atoms with Gasteiger partial charge in [0.1, 0.15) is 10.6 Å². The van der Waals surface area contributed by atoms with E-state index in [0.717, 1.165) is 36.6 Å². The van der Waals surface area contributed by atoms with Gasteiger partial charge in [0.2, 0.25) is 0 Å². The van der Waals surface area contributed by atoms with Crippen molar-refractivity contribution in [2.45, 2.75) is 31.3 Å². The van der Waals surface area contributed by atoms with E-state index in [-0.39, 0.29) is 17.0 Å². The van der Waals surface area contributed by atoms with E-state index in [1.165, 1.54) is 15.5 Å². The molecule has 0 bridgehead atoms. The highest BCUT2D eigenvalue weighted by atomic mass is 32.2. The summed E-state index contributed by atoms with van der Waals surface area (Å²) in [5.74, 6) is 0.262. The summed E-state index contributed by atoms with van der Waals surface area (Å²) in [6.07, 6.45) is 2.86. The fourth-order valence-corrected chi connectivity index (χ4v) is 5.50. The lowest BCUT2D eigenvalue weighted by Gasteiger charge is -2.17. The first kappa shape index (κ1) is 17.3. The van der Waals surface area contributed by atoms with Gasteiger partial charge in [0.05, 0.1) is 22.9 Å². The minimum atomic E-state index is -0.479. The summed E-state index contributed by atoms with van der Waals surface area (Å²) in [5.41, 5.74) is 1.01. The lowest BCUT2D eigenvalue weighted by atomic mass is 9.89. The molecule has 0 spiro atoms. The van der Waals surface area contributed by atoms with Crippen molar-refractivity contribution < 1.29 is 4.39 Å². The Balaban J connectivity index is 2.02. The van der Waals surface area contributed by atoms with Crippen molar-refractivity contribution in [1.29, 1.82) is 5.26 Å². The molecular weight excluding hydrogens is 369 g/mol. The average molecular weight is 385 g/mol. The molecule has 0 aliphatic heterocycles. The molecule has 3 aromatic rings. The molecule has 0 saturated heterocycles. The van der Waals surface area contributed by atoms with E-state index < -0.39 is 5.82 Å². The first-order valence-corrected chi connectivity index (χ1v) is 10.2. The zero-order valence-electron chi connectivity index (χ0n) is 14.2. The molecule has 0 N–H and O–H groups in total. The van der Waals surface area contributed by atoms with E-state index in [0.29, 0.717) is 21.3 Å². The maximum absolute atomic E-state index is 14.4. The van der Waals surface area contributed by atoms with Crippen molar-refractivity contribution in [3.05, 3.63) is 50.9 Å². The number of aromatic nitrogens is 2. The number of hydrogen-bond acceptors (Lipinski definition) is 5. The van der Waals surface area contributed by atoms with Crippen LogP contribution in [0.4, 0.5) is 4.39 Å². The normalized spacial score (nSPS) is 16.4. The molecule has 0 unspecified atom stereocenters. The number of benzene rings is 1. The molecule has 2 aromatic heterocycles. The van der Waals surface area contributed by atoms with Crippen molar-refractivity contribution in [2.75, 3.05) is 5.75 Å². The number of thioether (sulfide) groups is 1. The molecule has 0 fully saturated rings. The maximum atomic E-state index is 14.4. The topological polar surface area (TPSA) is 58.7 Å². The maximum Gasteiger partial charge on any atom is 0.267 e. The van der Waals surface area contributed by atoms with Gasteiger partial charge in [-0.25, -0.2) is 9.37 Å². The number of rotatable bonds is 3. The van der Waals surface area contributed by atoms with Crippen molar-refractivity contribution in [3.8, 4) is 11.8 Å². The highest BCUT2D eigenvalue weighted by Crippen LogP contribution is 2.37. The van der Waals surface area contributed by atoms with Crippen LogP contribution in [0.2, 0.25) is 0 Å². The van der Waals surface area contributed by atoms with E-state index in [9.17, 15) is 9.18 Å². The molecule has 132 valence electrons. The molecule has 0 saturated carbocycles. The molecule has 4 nitrogen and oxygen atoms in total. The smallest absolute Gasteiger partial charge is 0.267 e. The Morgan fingerprint density at radius 2 is 2.27 bits per heavy atom. The SMILES string of the molecule is C[C@H]1CCc2c(sc3nc(SCC#N)n(-c4ccccc4F)c(=O)c23)C1. The van der Waals surface area contributed by atoms with Crippen LogP contribution >= 0.6 is 23.1 Å². The second-order valence-electron chi connectivity index (χ2n) is 6.47. The van der Waals surface area contributed by atoms with Gasteiger partial charge in [-0.2, -0.15) is 5.26 Å². The molecule has 2 heterocycles. The second-order valence-corrected chi connectivity index (χ2v) is 8.49. The van der Waals surface area contributed by atoms with E-state index >= 15 is 0 Å². The van der Waals surface area contributed by atoms with Gasteiger partial charge < -0.3 is 0 Å². The molecule has 1 aromatic carbocycles. The van der Waals surface area contributed by atoms with Crippen LogP contribution in [0, 0.1) is 23.1 Å². The third-order valence-corrected chi connectivity index (χ3v) is 6.61. The van der Waals surface area contributed by atoms with Crippen molar-refractivity contribution >= 4 is 33.3 Å². The van der Waals surface area contributed by atoms with Crippen LogP contribution in [0.3, 0.4) is 0 Å². The average Bonchev–Trinajstić information content (AvgIpc) is 2.98. The zero-order chi connectivity index (χ0) is 18.3. The van der Waals surface area contributed by atoms with Gasteiger partial charge >= 0.3 is 0 Å². The number of aryl methyl sites for hydroxylation is 1. The Kier molecular flexibility index (Phi) is 4.55. The summed E-state index contributed by atoms with van der Waals surface area (Å²) in [6, 6.07) is 8.23. The van der Waals surface area contributed by atoms with Gasteiger partial charge in [0.15, 0.2) is 5.16 Å². The van der Waals surface area contributed by atoms with Gasteiger partial charge in [-0.15, -0.1) is 11.3 Å². The molecule has 0 radical (unpaired) electrons. The number of hydrogen-bond donors (Lipinski definition) is 0. The Labute approximate surface area is 158 Å². The molecule has 7 heteroatoms. The summed E-state index contributed by atoms with van der Waals surface area (Å²) in [5, 5.41) is 9.90. The number of halogens is 1. The Morgan fingerprint density at radius 3 is 3.04 bits per heavy atom. The third kappa shape index (κ3) is 2.83. The van der Waals surface area contributed by atoms with E-state index in [1.54, 1.807) is 29.5 Å². The largest absolute Gasteiger partial charge is 0.268 e. The van der Waals surface area contributed by atoms with Gasteiger partial charge in [-0.3, -0.25) is 9.36 Å². The molecule has 4 rings (SSSR count). The van der Waals surface area contributed by atoms with Crippen LogP contribution in [0.1, 0.15) is 23.8 Å².